The fourth-order valence-corrected chi connectivity index (χ4v) is 4.07. The molecule has 1 saturated carbocycles. The van der Waals surface area contributed by atoms with Gasteiger partial charge >= 0.3 is 0 Å². The first-order chi connectivity index (χ1) is 11.5. The summed E-state index contributed by atoms with van der Waals surface area (Å²) in [6.07, 6.45) is 5.80. The Hall–Kier alpha value is -1.50. The molecule has 2 heterocycles. The first kappa shape index (κ1) is 17.3. The van der Waals surface area contributed by atoms with Gasteiger partial charge in [0, 0.05) is 51.0 Å². The van der Waals surface area contributed by atoms with E-state index in [-0.39, 0.29) is 23.5 Å². The van der Waals surface area contributed by atoms with E-state index in [9.17, 15) is 9.90 Å². The molecule has 1 amide bonds. The van der Waals surface area contributed by atoms with Crippen LogP contribution in [0.2, 0.25) is 0 Å². The second kappa shape index (κ2) is 7.17. The number of likely N-dealkylation sites (N-methyl/N-ethyl adjacent to an activating group) is 1. The van der Waals surface area contributed by atoms with Crippen molar-refractivity contribution in [1.29, 1.82) is 0 Å². The van der Waals surface area contributed by atoms with Crippen molar-refractivity contribution < 1.29 is 14.6 Å². The van der Waals surface area contributed by atoms with E-state index >= 15 is 0 Å². The van der Waals surface area contributed by atoms with E-state index in [0.29, 0.717) is 26.2 Å². The van der Waals surface area contributed by atoms with Crippen LogP contribution in [0.1, 0.15) is 24.8 Å². The minimum absolute atomic E-state index is 0.132. The lowest BCUT2D eigenvalue weighted by Crippen LogP contribution is -2.62. The van der Waals surface area contributed by atoms with Gasteiger partial charge in [0.1, 0.15) is 0 Å². The van der Waals surface area contributed by atoms with Crippen LogP contribution in [-0.2, 0) is 16.1 Å². The van der Waals surface area contributed by atoms with Crippen molar-refractivity contribution >= 4 is 5.91 Å². The Morgan fingerprint density at radius 3 is 2.83 bits per heavy atom. The molecule has 3 rings (SSSR count). The zero-order valence-electron chi connectivity index (χ0n) is 14.5. The number of aliphatic hydroxyl groups excluding tert-OH is 1. The summed E-state index contributed by atoms with van der Waals surface area (Å²) in [5, 5.41) is 10.2. The van der Waals surface area contributed by atoms with Gasteiger partial charge in [-0.3, -0.25) is 14.7 Å². The molecule has 0 aromatic carbocycles. The number of hydrogen-bond donors (Lipinski definition) is 1. The van der Waals surface area contributed by atoms with Crippen LogP contribution >= 0.6 is 0 Å². The molecule has 1 N–H and O–H groups in total. The fourth-order valence-electron chi connectivity index (χ4n) is 4.07. The molecule has 0 radical (unpaired) electrons. The predicted molar refractivity (Wildman–Crippen MR) is 90.2 cm³/mol. The van der Waals surface area contributed by atoms with Gasteiger partial charge in [0.15, 0.2) is 0 Å². The molecule has 1 aliphatic heterocycles. The highest BCUT2D eigenvalue weighted by Crippen LogP contribution is 2.50. The van der Waals surface area contributed by atoms with Gasteiger partial charge in [0.2, 0.25) is 5.91 Å². The summed E-state index contributed by atoms with van der Waals surface area (Å²) in [6, 6.07) is 3.92. The van der Waals surface area contributed by atoms with Gasteiger partial charge in [-0.25, -0.2) is 0 Å². The third-order valence-electron chi connectivity index (χ3n) is 5.65. The molecule has 1 saturated heterocycles. The zero-order valence-corrected chi connectivity index (χ0v) is 14.5. The number of amides is 1. The number of carbonyl (C=O) groups is 1. The van der Waals surface area contributed by atoms with Crippen LogP contribution < -0.4 is 0 Å². The molecule has 2 fully saturated rings. The summed E-state index contributed by atoms with van der Waals surface area (Å²) < 4.78 is 5.50. The molecular formula is C18H27N3O3. The van der Waals surface area contributed by atoms with Crippen LogP contribution in [0.5, 0.6) is 0 Å². The van der Waals surface area contributed by atoms with Crippen molar-refractivity contribution in [1.82, 2.24) is 14.8 Å². The average molecular weight is 333 g/mol. The predicted octanol–water partition coefficient (Wildman–Crippen LogP) is 0.902. The van der Waals surface area contributed by atoms with Gasteiger partial charge in [-0.15, -0.1) is 0 Å². The first-order valence-corrected chi connectivity index (χ1v) is 8.61. The van der Waals surface area contributed by atoms with E-state index in [1.54, 1.807) is 13.3 Å². The lowest BCUT2D eigenvalue weighted by atomic mass is 9.58. The number of nitrogens with zero attached hydrogens (tertiary/aromatic N) is 3. The maximum absolute atomic E-state index is 12.5. The van der Waals surface area contributed by atoms with Gasteiger partial charge in [-0.05, 0) is 31.5 Å². The fraction of sp³-hybridized carbons (Fsp3) is 0.667. The molecule has 2 atom stereocenters. The number of piperidine rings is 1. The Bertz CT molecular complexity index is 558. The van der Waals surface area contributed by atoms with Crippen molar-refractivity contribution in [3.05, 3.63) is 30.1 Å². The van der Waals surface area contributed by atoms with Gasteiger partial charge in [-0.2, -0.15) is 0 Å². The molecule has 0 unspecified atom stereocenters. The number of aliphatic hydroxyl groups is 1. The largest absolute Gasteiger partial charge is 0.392 e. The van der Waals surface area contributed by atoms with E-state index in [1.807, 2.05) is 35.2 Å². The molecule has 6 nitrogen and oxygen atoms in total. The van der Waals surface area contributed by atoms with Crippen molar-refractivity contribution in [2.75, 3.05) is 33.8 Å². The van der Waals surface area contributed by atoms with Crippen molar-refractivity contribution in [2.45, 2.75) is 38.0 Å². The van der Waals surface area contributed by atoms with E-state index in [4.69, 9.17) is 4.74 Å². The Balaban J connectivity index is 1.48. The van der Waals surface area contributed by atoms with E-state index in [1.165, 1.54) is 0 Å². The Kier molecular flexibility index (Phi) is 5.18. The number of hydrogen-bond acceptors (Lipinski definition) is 5. The molecule has 1 aromatic rings. The minimum Gasteiger partial charge on any atom is -0.392 e. The molecule has 2 aliphatic rings. The number of aromatic nitrogens is 1. The summed E-state index contributed by atoms with van der Waals surface area (Å²) in [5.74, 6) is 0.152. The Morgan fingerprint density at radius 1 is 1.50 bits per heavy atom. The third kappa shape index (κ3) is 3.31. The Labute approximate surface area is 143 Å². The number of pyridine rings is 1. The van der Waals surface area contributed by atoms with Crippen molar-refractivity contribution in [3.63, 3.8) is 0 Å². The Morgan fingerprint density at radius 2 is 2.25 bits per heavy atom. The van der Waals surface area contributed by atoms with Crippen LogP contribution in [0.3, 0.4) is 0 Å². The SMILES string of the molecule is CO[C@H]1C[C@@H](O)C12CCN(C(=O)CN(C)Cc1cccnc1)CC2. The maximum Gasteiger partial charge on any atom is 0.236 e. The lowest BCUT2D eigenvalue weighted by Gasteiger charge is -2.56. The van der Waals surface area contributed by atoms with E-state index in [2.05, 4.69) is 4.98 Å². The molecule has 1 spiro atoms. The van der Waals surface area contributed by atoms with Gasteiger partial charge < -0.3 is 14.7 Å². The standard InChI is InChI=1S/C18H27N3O3/c1-20(12-14-4-3-7-19-11-14)13-17(23)21-8-5-18(6-9-21)15(22)10-16(18)24-2/h3-4,7,11,15-16,22H,5-6,8-10,12-13H2,1-2H3/t15-,16+/m1/s1. The van der Waals surface area contributed by atoms with Gasteiger partial charge in [0.25, 0.3) is 0 Å². The lowest BCUT2D eigenvalue weighted by molar-refractivity contribution is -0.202. The smallest absolute Gasteiger partial charge is 0.236 e. The normalized spacial score (nSPS) is 25.8. The van der Waals surface area contributed by atoms with Crippen molar-refractivity contribution in [2.24, 2.45) is 5.41 Å². The highest BCUT2D eigenvalue weighted by Gasteiger charge is 2.56. The minimum atomic E-state index is -0.284. The van der Waals surface area contributed by atoms with Crippen LogP contribution in [0.25, 0.3) is 0 Å². The summed E-state index contributed by atoms with van der Waals surface area (Å²) in [4.78, 5) is 20.6. The molecule has 0 bridgehead atoms. The topological polar surface area (TPSA) is 65.9 Å². The molecule has 132 valence electrons. The zero-order chi connectivity index (χ0) is 17.2. The average Bonchev–Trinajstić information content (AvgIpc) is 2.60. The highest BCUT2D eigenvalue weighted by molar-refractivity contribution is 5.78. The summed E-state index contributed by atoms with van der Waals surface area (Å²) >= 11 is 0. The number of ether oxygens (including phenoxy) is 1. The molecular weight excluding hydrogens is 306 g/mol. The van der Waals surface area contributed by atoms with Crippen LogP contribution in [0.4, 0.5) is 0 Å². The molecule has 24 heavy (non-hydrogen) atoms. The van der Waals surface area contributed by atoms with Gasteiger partial charge in [-0.1, -0.05) is 6.07 Å². The summed E-state index contributed by atoms with van der Waals surface area (Å²) in [6.45, 7) is 2.52. The number of rotatable bonds is 5. The molecule has 6 heteroatoms. The third-order valence-corrected chi connectivity index (χ3v) is 5.65. The van der Waals surface area contributed by atoms with Crippen LogP contribution in [0.15, 0.2) is 24.5 Å². The number of methoxy groups -OCH3 is 1. The monoisotopic (exact) mass is 333 g/mol. The van der Waals surface area contributed by atoms with E-state index < -0.39 is 0 Å². The number of likely N-dealkylation sites (tertiary alicyclic amines) is 1. The maximum atomic E-state index is 12.5. The van der Waals surface area contributed by atoms with Crippen LogP contribution in [-0.4, -0.2) is 71.8 Å². The second-order valence-corrected chi connectivity index (χ2v) is 7.12. The summed E-state index contributed by atoms with van der Waals surface area (Å²) in [7, 11) is 3.66. The molecule has 1 aromatic heterocycles. The van der Waals surface area contributed by atoms with Gasteiger partial charge in [0.05, 0.1) is 18.8 Å². The first-order valence-electron chi connectivity index (χ1n) is 8.61. The highest BCUT2D eigenvalue weighted by atomic mass is 16.5. The van der Waals surface area contributed by atoms with E-state index in [0.717, 1.165) is 24.8 Å². The van der Waals surface area contributed by atoms with Crippen LogP contribution in [0, 0.1) is 5.41 Å². The second-order valence-electron chi connectivity index (χ2n) is 7.12. The quantitative estimate of drug-likeness (QED) is 0.867. The van der Waals surface area contributed by atoms with Crippen molar-refractivity contribution in [3.8, 4) is 0 Å². The molecule has 1 aliphatic carbocycles. The summed E-state index contributed by atoms with van der Waals surface area (Å²) in [5.41, 5.74) is 0.971. The number of carbonyl (C=O) groups excluding carboxylic acids is 1.